The minimum absolute atomic E-state index is 0.508. The van der Waals surface area contributed by atoms with E-state index < -0.39 is 0 Å². The van der Waals surface area contributed by atoms with E-state index in [1.54, 1.807) is 0 Å². The van der Waals surface area contributed by atoms with Crippen molar-refractivity contribution in [3.05, 3.63) is 48.0 Å². The van der Waals surface area contributed by atoms with Crippen LogP contribution in [0.2, 0.25) is 0 Å². The highest BCUT2D eigenvalue weighted by atomic mass is 15.4. The van der Waals surface area contributed by atoms with Crippen molar-refractivity contribution in [1.82, 2.24) is 15.0 Å². The summed E-state index contributed by atoms with van der Waals surface area (Å²) in [6.07, 6.45) is 9.13. The molecule has 0 aliphatic carbocycles. The molecule has 0 amide bonds. The Morgan fingerprint density at radius 1 is 0.710 bits per heavy atom. The maximum atomic E-state index is 4.82. The SMILES string of the molecule is C(=N\Nc1nc(N2CCCCC2)nc(N2CCCCC2)n1)/c1ccc2ccccc2c1. The number of hydrogen-bond acceptors (Lipinski definition) is 7. The molecule has 2 aliphatic rings. The van der Waals surface area contributed by atoms with Gasteiger partial charge in [0.25, 0.3) is 0 Å². The second-order valence-electron chi connectivity index (χ2n) is 8.33. The van der Waals surface area contributed by atoms with Gasteiger partial charge >= 0.3 is 0 Å². The summed E-state index contributed by atoms with van der Waals surface area (Å²) in [6.45, 7) is 4.01. The van der Waals surface area contributed by atoms with Crippen molar-refractivity contribution in [2.45, 2.75) is 38.5 Å². The molecule has 31 heavy (non-hydrogen) atoms. The summed E-state index contributed by atoms with van der Waals surface area (Å²) in [7, 11) is 0. The van der Waals surface area contributed by atoms with Gasteiger partial charge in [-0.2, -0.15) is 20.1 Å². The van der Waals surface area contributed by atoms with E-state index >= 15 is 0 Å². The third-order valence-electron chi connectivity index (χ3n) is 6.04. The normalized spacial score (nSPS) is 17.4. The Hall–Kier alpha value is -3.22. The van der Waals surface area contributed by atoms with E-state index in [1.165, 1.54) is 49.3 Å². The predicted octanol–water partition coefficient (Wildman–Crippen LogP) is 4.45. The Morgan fingerprint density at radius 3 is 1.97 bits per heavy atom. The van der Waals surface area contributed by atoms with Gasteiger partial charge in [-0.25, -0.2) is 5.43 Å². The first kappa shape index (κ1) is 19.7. The number of anilines is 3. The Labute approximate surface area is 183 Å². The fraction of sp³-hybridized carbons (Fsp3) is 0.417. The minimum atomic E-state index is 0.508. The van der Waals surface area contributed by atoms with Crippen molar-refractivity contribution in [2.75, 3.05) is 41.4 Å². The third kappa shape index (κ3) is 4.76. The molecule has 0 radical (unpaired) electrons. The van der Waals surface area contributed by atoms with Gasteiger partial charge in [0, 0.05) is 26.2 Å². The quantitative estimate of drug-likeness (QED) is 0.490. The molecule has 5 rings (SSSR count). The van der Waals surface area contributed by atoms with Gasteiger partial charge in [-0.1, -0.05) is 36.4 Å². The van der Waals surface area contributed by atoms with Gasteiger partial charge in [-0.05, 0) is 60.9 Å². The maximum absolute atomic E-state index is 4.82. The van der Waals surface area contributed by atoms with Crippen LogP contribution in [0.25, 0.3) is 10.8 Å². The third-order valence-corrected chi connectivity index (χ3v) is 6.04. The van der Waals surface area contributed by atoms with Gasteiger partial charge in [0.15, 0.2) is 0 Å². The fourth-order valence-corrected chi connectivity index (χ4v) is 4.33. The number of piperidine rings is 2. The average Bonchev–Trinajstić information content (AvgIpc) is 2.85. The van der Waals surface area contributed by atoms with Crippen LogP contribution >= 0.6 is 0 Å². The molecule has 7 nitrogen and oxygen atoms in total. The number of fused-ring (bicyclic) bond motifs is 1. The van der Waals surface area contributed by atoms with Gasteiger partial charge in [0.2, 0.25) is 17.8 Å². The predicted molar refractivity (Wildman–Crippen MR) is 127 cm³/mol. The number of nitrogens with zero attached hydrogens (tertiary/aromatic N) is 6. The van der Waals surface area contributed by atoms with E-state index in [0.717, 1.165) is 43.6 Å². The molecule has 2 aliphatic heterocycles. The van der Waals surface area contributed by atoms with Crippen LogP contribution in [0.3, 0.4) is 0 Å². The molecule has 7 heteroatoms. The van der Waals surface area contributed by atoms with Crippen molar-refractivity contribution < 1.29 is 0 Å². The van der Waals surface area contributed by atoms with Crippen molar-refractivity contribution in [2.24, 2.45) is 5.10 Å². The minimum Gasteiger partial charge on any atom is -0.341 e. The van der Waals surface area contributed by atoms with E-state index in [0.29, 0.717) is 5.95 Å². The van der Waals surface area contributed by atoms with Crippen LogP contribution in [0.1, 0.15) is 44.1 Å². The first-order valence-electron chi connectivity index (χ1n) is 11.4. The van der Waals surface area contributed by atoms with Crippen LogP contribution in [0.4, 0.5) is 17.8 Å². The second kappa shape index (κ2) is 9.29. The summed E-state index contributed by atoms with van der Waals surface area (Å²) < 4.78 is 0. The summed E-state index contributed by atoms with van der Waals surface area (Å²) in [6, 6.07) is 14.6. The number of aromatic nitrogens is 3. The first-order chi connectivity index (χ1) is 15.3. The standard InChI is InChI=1S/C24H29N7/c1-5-13-30(14-6-1)23-26-22(27-24(28-23)31-15-7-2-8-16-31)29-25-18-19-11-12-20-9-3-4-10-21(20)17-19/h3-4,9-12,17-18H,1-2,5-8,13-16H2,(H,26,27,28,29)/b25-18+. The average molecular weight is 416 g/mol. The topological polar surface area (TPSA) is 69.5 Å². The summed E-state index contributed by atoms with van der Waals surface area (Å²) in [5, 5.41) is 6.85. The smallest absolute Gasteiger partial charge is 0.250 e. The fourth-order valence-electron chi connectivity index (χ4n) is 4.33. The zero-order valence-electron chi connectivity index (χ0n) is 17.9. The van der Waals surface area contributed by atoms with Crippen LogP contribution in [-0.2, 0) is 0 Å². The Kier molecular flexibility index (Phi) is 5.91. The number of nitrogens with one attached hydrogen (secondary N) is 1. The van der Waals surface area contributed by atoms with E-state index in [2.05, 4.69) is 72.8 Å². The summed E-state index contributed by atoms with van der Waals surface area (Å²) in [5.41, 5.74) is 4.09. The second-order valence-corrected chi connectivity index (χ2v) is 8.33. The lowest BCUT2D eigenvalue weighted by Gasteiger charge is -2.30. The zero-order valence-corrected chi connectivity index (χ0v) is 17.9. The lowest BCUT2D eigenvalue weighted by atomic mass is 10.1. The lowest BCUT2D eigenvalue weighted by molar-refractivity contribution is 0.556. The molecule has 1 N–H and O–H groups in total. The van der Waals surface area contributed by atoms with Gasteiger partial charge < -0.3 is 9.80 Å². The van der Waals surface area contributed by atoms with Crippen molar-refractivity contribution in [1.29, 1.82) is 0 Å². The highest BCUT2D eigenvalue weighted by Gasteiger charge is 2.20. The Morgan fingerprint density at radius 2 is 1.32 bits per heavy atom. The molecule has 3 heterocycles. The van der Waals surface area contributed by atoms with Crippen molar-refractivity contribution >= 4 is 34.8 Å². The maximum Gasteiger partial charge on any atom is 0.250 e. The molecule has 0 bridgehead atoms. The number of rotatable bonds is 5. The molecule has 2 saturated heterocycles. The summed E-state index contributed by atoms with van der Waals surface area (Å²) in [4.78, 5) is 18.7. The van der Waals surface area contributed by atoms with Crippen LogP contribution in [0, 0.1) is 0 Å². The van der Waals surface area contributed by atoms with E-state index in [9.17, 15) is 0 Å². The van der Waals surface area contributed by atoms with E-state index in [4.69, 9.17) is 4.98 Å². The molecule has 0 atom stereocenters. The molecule has 0 saturated carbocycles. The van der Waals surface area contributed by atoms with E-state index in [1.807, 2.05) is 6.21 Å². The number of hydrazone groups is 1. The molecule has 3 aromatic rings. The summed E-state index contributed by atoms with van der Waals surface area (Å²) >= 11 is 0. The molecular weight excluding hydrogens is 386 g/mol. The molecule has 0 spiro atoms. The highest BCUT2D eigenvalue weighted by Crippen LogP contribution is 2.22. The van der Waals surface area contributed by atoms with Crippen molar-refractivity contribution in [3.63, 3.8) is 0 Å². The molecule has 0 unspecified atom stereocenters. The van der Waals surface area contributed by atoms with Crippen LogP contribution in [-0.4, -0.2) is 47.3 Å². The largest absolute Gasteiger partial charge is 0.341 e. The molecule has 2 fully saturated rings. The number of benzene rings is 2. The van der Waals surface area contributed by atoms with E-state index in [-0.39, 0.29) is 0 Å². The highest BCUT2D eigenvalue weighted by molar-refractivity contribution is 5.90. The van der Waals surface area contributed by atoms with Gasteiger partial charge in [0.1, 0.15) is 0 Å². The van der Waals surface area contributed by atoms with Crippen LogP contribution < -0.4 is 15.2 Å². The van der Waals surface area contributed by atoms with Crippen LogP contribution in [0.15, 0.2) is 47.6 Å². The van der Waals surface area contributed by atoms with Gasteiger partial charge in [-0.3, -0.25) is 0 Å². The zero-order chi connectivity index (χ0) is 20.9. The molecule has 160 valence electrons. The molecule has 1 aromatic heterocycles. The van der Waals surface area contributed by atoms with Gasteiger partial charge in [-0.15, -0.1) is 0 Å². The molecule has 2 aromatic carbocycles. The first-order valence-corrected chi connectivity index (χ1v) is 11.4. The Balaban J connectivity index is 1.37. The number of hydrogen-bond donors (Lipinski definition) is 1. The van der Waals surface area contributed by atoms with Crippen molar-refractivity contribution in [3.8, 4) is 0 Å². The summed E-state index contributed by atoms with van der Waals surface area (Å²) in [5.74, 6) is 2.03. The van der Waals surface area contributed by atoms with Crippen LogP contribution in [0.5, 0.6) is 0 Å². The molecular formula is C24H29N7. The monoisotopic (exact) mass is 415 g/mol. The van der Waals surface area contributed by atoms with Gasteiger partial charge in [0.05, 0.1) is 6.21 Å². The lowest BCUT2D eigenvalue weighted by Crippen LogP contribution is -2.34. The Bertz CT molecular complexity index is 1020.